The van der Waals surface area contributed by atoms with Gasteiger partial charge in [0.15, 0.2) is 0 Å². The van der Waals surface area contributed by atoms with Gasteiger partial charge in [-0.25, -0.2) is 0 Å². The van der Waals surface area contributed by atoms with Crippen LogP contribution in [-0.2, 0) is 0 Å². The summed E-state index contributed by atoms with van der Waals surface area (Å²) < 4.78 is 0. The van der Waals surface area contributed by atoms with Crippen molar-refractivity contribution in [3.63, 3.8) is 0 Å². The van der Waals surface area contributed by atoms with Gasteiger partial charge in [-0.3, -0.25) is 4.99 Å². The number of nitrogens with zero attached hydrogens (tertiary/aromatic N) is 2. The smallest absolute Gasteiger partial charge is 0.0968 e. The van der Waals surface area contributed by atoms with Crippen molar-refractivity contribution in [3.8, 4) is 0 Å². The Morgan fingerprint density at radius 1 is 1.27 bits per heavy atom. The fourth-order valence-electron chi connectivity index (χ4n) is 2.37. The van der Waals surface area contributed by atoms with E-state index >= 15 is 0 Å². The van der Waals surface area contributed by atoms with Gasteiger partial charge in [-0.05, 0) is 32.7 Å². The van der Waals surface area contributed by atoms with Gasteiger partial charge < -0.3 is 10.6 Å². The molecule has 2 rings (SSSR count). The number of aliphatic imine (C=N–C) groups is 1. The summed E-state index contributed by atoms with van der Waals surface area (Å²) in [6.07, 6.45) is 8.07. The lowest BCUT2D eigenvalue weighted by Gasteiger charge is -2.22. The van der Waals surface area contributed by atoms with E-state index in [-0.39, 0.29) is 0 Å². The van der Waals surface area contributed by atoms with E-state index in [1.54, 1.807) is 0 Å². The van der Waals surface area contributed by atoms with Crippen LogP contribution in [0.25, 0.3) is 0 Å². The lowest BCUT2D eigenvalue weighted by molar-refractivity contribution is 0.252. The second-order valence-electron chi connectivity index (χ2n) is 5.00. The Bertz CT molecular complexity index is 227. The lowest BCUT2D eigenvalue weighted by Crippen LogP contribution is -2.31. The summed E-state index contributed by atoms with van der Waals surface area (Å²) >= 11 is 0. The molecule has 0 heterocycles. The van der Waals surface area contributed by atoms with E-state index in [1.807, 2.05) is 0 Å². The van der Waals surface area contributed by atoms with Crippen LogP contribution in [0.15, 0.2) is 4.99 Å². The Hall–Kier alpha value is -0.570. The zero-order valence-electron chi connectivity index (χ0n) is 9.78. The van der Waals surface area contributed by atoms with Gasteiger partial charge in [0, 0.05) is 18.5 Å². The van der Waals surface area contributed by atoms with Crippen molar-refractivity contribution in [2.45, 2.75) is 44.6 Å². The van der Waals surface area contributed by atoms with Crippen LogP contribution in [0.5, 0.6) is 0 Å². The fraction of sp³-hybridized carbons (Fsp3) is 0.917. The van der Waals surface area contributed by atoms with E-state index in [9.17, 15) is 0 Å². The average molecular weight is 209 g/mol. The van der Waals surface area contributed by atoms with Gasteiger partial charge in [0.05, 0.1) is 12.4 Å². The minimum Gasteiger partial charge on any atom is -0.387 e. The van der Waals surface area contributed by atoms with E-state index in [1.165, 1.54) is 38.5 Å². The molecule has 0 bridgehead atoms. The third-order valence-corrected chi connectivity index (χ3v) is 3.69. The zero-order valence-corrected chi connectivity index (χ0v) is 9.78. The maximum Gasteiger partial charge on any atom is 0.0968 e. The third-order valence-electron chi connectivity index (χ3n) is 3.69. The molecular weight excluding hydrogens is 186 g/mol. The molecule has 0 aromatic carbocycles. The van der Waals surface area contributed by atoms with Gasteiger partial charge in [0.2, 0.25) is 0 Å². The normalized spacial score (nSPS) is 24.0. The van der Waals surface area contributed by atoms with Crippen molar-refractivity contribution in [2.24, 2.45) is 16.6 Å². The van der Waals surface area contributed by atoms with Crippen molar-refractivity contribution >= 4 is 5.84 Å². The Kier molecular flexibility index (Phi) is 3.62. The van der Waals surface area contributed by atoms with Gasteiger partial charge in [0.25, 0.3) is 0 Å². The van der Waals surface area contributed by atoms with E-state index in [0.29, 0.717) is 5.92 Å². The fourth-order valence-corrected chi connectivity index (χ4v) is 2.37. The molecule has 0 aliphatic heterocycles. The molecular formula is C12H23N3. The molecule has 0 unspecified atom stereocenters. The quantitative estimate of drug-likeness (QED) is 0.552. The first-order valence-corrected chi connectivity index (χ1v) is 6.27. The third kappa shape index (κ3) is 3.20. The van der Waals surface area contributed by atoms with Gasteiger partial charge in [-0.1, -0.05) is 12.8 Å². The van der Waals surface area contributed by atoms with Gasteiger partial charge in [-0.2, -0.15) is 0 Å². The van der Waals surface area contributed by atoms with Crippen molar-refractivity contribution in [2.75, 3.05) is 20.1 Å². The molecule has 86 valence electrons. The van der Waals surface area contributed by atoms with Crippen LogP contribution in [0.2, 0.25) is 0 Å². The van der Waals surface area contributed by atoms with Gasteiger partial charge in [-0.15, -0.1) is 0 Å². The molecule has 3 nitrogen and oxygen atoms in total. The molecule has 0 aromatic heterocycles. The number of likely N-dealkylation sites (N-methyl/N-ethyl adjacent to an activating group) is 1. The van der Waals surface area contributed by atoms with Gasteiger partial charge >= 0.3 is 0 Å². The molecule has 0 amide bonds. The lowest BCUT2D eigenvalue weighted by atomic mass is 10.2. The predicted octanol–water partition coefficient (Wildman–Crippen LogP) is 1.63. The molecule has 2 fully saturated rings. The molecule has 2 N–H and O–H groups in total. The number of nitrogens with two attached hydrogens (primary N) is 1. The van der Waals surface area contributed by atoms with Crippen LogP contribution < -0.4 is 5.73 Å². The Morgan fingerprint density at radius 3 is 2.53 bits per heavy atom. The zero-order chi connectivity index (χ0) is 10.7. The highest BCUT2D eigenvalue weighted by atomic mass is 15.1. The van der Waals surface area contributed by atoms with Crippen LogP contribution in [0.1, 0.15) is 38.5 Å². The topological polar surface area (TPSA) is 41.6 Å². The molecule has 15 heavy (non-hydrogen) atoms. The molecule has 3 heteroatoms. The van der Waals surface area contributed by atoms with Crippen LogP contribution in [0, 0.1) is 5.92 Å². The molecule has 2 aliphatic rings. The average Bonchev–Trinajstić information content (AvgIpc) is 2.93. The highest BCUT2D eigenvalue weighted by Crippen LogP contribution is 2.28. The number of hydrogen-bond acceptors (Lipinski definition) is 2. The monoisotopic (exact) mass is 209 g/mol. The summed E-state index contributed by atoms with van der Waals surface area (Å²) in [5.41, 5.74) is 5.85. The summed E-state index contributed by atoms with van der Waals surface area (Å²) in [6, 6.07) is 0.808. The summed E-state index contributed by atoms with van der Waals surface area (Å²) in [4.78, 5) is 6.91. The summed E-state index contributed by atoms with van der Waals surface area (Å²) in [7, 11) is 2.22. The number of amidine groups is 1. The molecule has 2 aliphatic carbocycles. The van der Waals surface area contributed by atoms with E-state index < -0.39 is 0 Å². The minimum absolute atomic E-state index is 0.627. The van der Waals surface area contributed by atoms with E-state index in [2.05, 4.69) is 16.9 Å². The van der Waals surface area contributed by atoms with Crippen molar-refractivity contribution < 1.29 is 0 Å². The van der Waals surface area contributed by atoms with Gasteiger partial charge in [0.1, 0.15) is 0 Å². The van der Waals surface area contributed by atoms with Crippen LogP contribution in [0.4, 0.5) is 0 Å². The van der Waals surface area contributed by atoms with E-state index in [0.717, 1.165) is 25.0 Å². The Labute approximate surface area is 92.7 Å². The highest BCUT2D eigenvalue weighted by molar-refractivity contribution is 5.84. The summed E-state index contributed by atoms with van der Waals surface area (Å²) in [5.74, 6) is 1.52. The maximum atomic E-state index is 5.85. The molecule has 0 spiro atoms. The first-order valence-electron chi connectivity index (χ1n) is 6.27. The molecule has 0 radical (unpaired) electrons. The minimum atomic E-state index is 0.627. The van der Waals surface area contributed by atoms with Crippen LogP contribution in [0.3, 0.4) is 0 Å². The molecule has 0 saturated heterocycles. The first kappa shape index (κ1) is 10.9. The second-order valence-corrected chi connectivity index (χ2v) is 5.00. The second kappa shape index (κ2) is 4.97. The largest absolute Gasteiger partial charge is 0.387 e. The Balaban J connectivity index is 1.65. The van der Waals surface area contributed by atoms with Crippen molar-refractivity contribution in [1.29, 1.82) is 0 Å². The van der Waals surface area contributed by atoms with Crippen molar-refractivity contribution in [1.82, 2.24) is 4.90 Å². The summed E-state index contributed by atoms with van der Waals surface area (Å²) in [5, 5.41) is 0. The highest BCUT2D eigenvalue weighted by Gasteiger charge is 2.25. The van der Waals surface area contributed by atoms with Crippen molar-refractivity contribution in [3.05, 3.63) is 0 Å². The standard InChI is InChI=1S/C12H23N3/c1-15(11-4-2-3-5-11)9-8-14-12(13)10-6-7-10/h10-11H,2-9H2,1H3,(H2,13,14). The van der Waals surface area contributed by atoms with Crippen LogP contribution >= 0.6 is 0 Å². The number of rotatable bonds is 5. The SMILES string of the molecule is CN(CCN=C(N)C1CC1)C1CCCC1. The predicted molar refractivity (Wildman–Crippen MR) is 64.1 cm³/mol. The molecule has 2 saturated carbocycles. The van der Waals surface area contributed by atoms with Crippen LogP contribution in [-0.4, -0.2) is 36.9 Å². The Morgan fingerprint density at radius 2 is 1.93 bits per heavy atom. The number of hydrogen-bond donors (Lipinski definition) is 1. The molecule has 0 aromatic rings. The maximum absolute atomic E-state index is 5.85. The van der Waals surface area contributed by atoms with E-state index in [4.69, 9.17) is 5.73 Å². The first-order chi connectivity index (χ1) is 7.27. The summed E-state index contributed by atoms with van der Waals surface area (Å²) in [6.45, 7) is 1.95. The molecule has 0 atom stereocenters.